The number of fused-ring (bicyclic) bond motifs is 1. The number of rotatable bonds is 9. The van der Waals surface area contributed by atoms with Crippen molar-refractivity contribution in [1.82, 2.24) is 29.3 Å². The Hall–Kier alpha value is -4.08. The second kappa shape index (κ2) is 9.42. The Labute approximate surface area is 198 Å². The molecule has 1 N–H and O–H groups in total. The maximum atomic E-state index is 5.47. The number of imidazole rings is 1. The molecule has 0 bridgehead atoms. The van der Waals surface area contributed by atoms with E-state index in [0.29, 0.717) is 34.7 Å². The van der Waals surface area contributed by atoms with Crippen LogP contribution in [0, 0.1) is 0 Å². The molecule has 178 valence electrons. The van der Waals surface area contributed by atoms with Crippen LogP contribution in [0.15, 0.2) is 37.4 Å². The fourth-order valence-corrected chi connectivity index (χ4v) is 3.57. The van der Waals surface area contributed by atoms with Crippen LogP contribution < -0.4 is 19.5 Å². The lowest BCUT2D eigenvalue weighted by Crippen LogP contribution is -2.08. The Bertz CT molecular complexity index is 1320. The SMILES string of the molecule is C=C(C)c1nc(Nc2cn(-c3cc(OC)c(OC)c(OC)c3)cn2)c2cnn(C(C)CC)c2n1. The average molecular weight is 464 g/mol. The summed E-state index contributed by atoms with van der Waals surface area (Å²) in [5, 5.41) is 8.69. The van der Waals surface area contributed by atoms with Crippen LogP contribution in [0.4, 0.5) is 11.6 Å². The maximum Gasteiger partial charge on any atom is 0.203 e. The minimum absolute atomic E-state index is 0.206. The van der Waals surface area contributed by atoms with Crippen LogP contribution >= 0.6 is 0 Å². The van der Waals surface area contributed by atoms with E-state index in [4.69, 9.17) is 19.2 Å². The molecule has 0 saturated heterocycles. The minimum Gasteiger partial charge on any atom is -0.493 e. The second-order valence-electron chi connectivity index (χ2n) is 7.93. The van der Waals surface area contributed by atoms with E-state index in [-0.39, 0.29) is 6.04 Å². The number of nitrogens with zero attached hydrogens (tertiary/aromatic N) is 6. The molecular formula is C24H29N7O3. The fraction of sp³-hybridized carbons (Fsp3) is 0.333. The third-order valence-corrected chi connectivity index (χ3v) is 5.62. The molecule has 0 amide bonds. The molecule has 0 aliphatic rings. The molecule has 3 heterocycles. The Balaban J connectivity index is 1.73. The zero-order chi connectivity index (χ0) is 24.4. The monoisotopic (exact) mass is 463 g/mol. The van der Waals surface area contributed by atoms with E-state index in [2.05, 4.69) is 40.8 Å². The molecule has 0 spiro atoms. The summed E-state index contributed by atoms with van der Waals surface area (Å²) in [6, 6.07) is 3.91. The van der Waals surface area contributed by atoms with E-state index in [1.165, 1.54) is 0 Å². The van der Waals surface area contributed by atoms with Crippen molar-refractivity contribution in [2.24, 2.45) is 0 Å². The molecule has 0 aliphatic heterocycles. The lowest BCUT2D eigenvalue weighted by Gasteiger charge is -2.14. The first kappa shape index (κ1) is 23.1. The molecule has 0 aliphatic carbocycles. The molecule has 10 heteroatoms. The number of methoxy groups -OCH3 is 3. The highest BCUT2D eigenvalue weighted by molar-refractivity contribution is 5.89. The Morgan fingerprint density at radius 3 is 2.41 bits per heavy atom. The standard InChI is InChI=1S/C24H29N7O3/c1-8-15(4)31-24-17(11-26-31)23(28-22(29-24)14(2)3)27-20-12-30(13-25-20)16-9-18(32-5)21(34-7)19(10-16)33-6/h9-13,15H,2,8H2,1,3-7H3,(H,27,28,29). The molecule has 34 heavy (non-hydrogen) atoms. The molecule has 0 saturated carbocycles. The predicted octanol–water partition coefficient (Wildman–Crippen LogP) is 4.79. The Morgan fingerprint density at radius 1 is 1.12 bits per heavy atom. The first-order valence-electron chi connectivity index (χ1n) is 10.9. The summed E-state index contributed by atoms with van der Waals surface area (Å²) in [6.07, 6.45) is 6.27. The summed E-state index contributed by atoms with van der Waals surface area (Å²) in [7, 11) is 4.74. The number of nitrogens with one attached hydrogen (secondary N) is 1. The van der Waals surface area contributed by atoms with Crippen molar-refractivity contribution in [1.29, 1.82) is 0 Å². The van der Waals surface area contributed by atoms with Gasteiger partial charge in [0, 0.05) is 12.1 Å². The fourth-order valence-electron chi connectivity index (χ4n) is 3.57. The molecule has 1 atom stereocenters. The van der Waals surface area contributed by atoms with Crippen LogP contribution in [0.25, 0.3) is 22.3 Å². The van der Waals surface area contributed by atoms with E-state index < -0.39 is 0 Å². The third kappa shape index (κ3) is 4.14. The molecule has 10 nitrogen and oxygen atoms in total. The number of ether oxygens (including phenoxy) is 3. The van der Waals surface area contributed by atoms with Gasteiger partial charge in [-0.05, 0) is 25.8 Å². The molecule has 0 fully saturated rings. The summed E-state index contributed by atoms with van der Waals surface area (Å²) in [5.74, 6) is 3.43. The van der Waals surface area contributed by atoms with Gasteiger partial charge in [-0.1, -0.05) is 13.5 Å². The van der Waals surface area contributed by atoms with E-state index >= 15 is 0 Å². The summed E-state index contributed by atoms with van der Waals surface area (Å²) in [6.45, 7) is 10.1. The number of hydrogen-bond acceptors (Lipinski definition) is 8. The largest absolute Gasteiger partial charge is 0.493 e. The van der Waals surface area contributed by atoms with Crippen molar-refractivity contribution in [2.45, 2.75) is 33.2 Å². The van der Waals surface area contributed by atoms with E-state index in [9.17, 15) is 0 Å². The number of hydrogen-bond donors (Lipinski definition) is 1. The van der Waals surface area contributed by atoms with Crippen molar-refractivity contribution in [3.05, 3.63) is 43.3 Å². The molecular weight excluding hydrogens is 434 g/mol. The summed E-state index contributed by atoms with van der Waals surface area (Å²) in [5.41, 5.74) is 2.33. The molecule has 4 rings (SSSR count). The van der Waals surface area contributed by atoms with Gasteiger partial charge in [0.1, 0.15) is 18.0 Å². The highest BCUT2D eigenvalue weighted by Gasteiger charge is 2.18. The van der Waals surface area contributed by atoms with Gasteiger partial charge in [-0.3, -0.25) is 0 Å². The van der Waals surface area contributed by atoms with Gasteiger partial charge in [0.05, 0.1) is 50.8 Å². The number of allylic oxidation sites excluding steroid dienone is 1. The van der Waals surface area contributed by atoms with Crippen LogP contribution in [0.3, 0.4) is 0 Å². The molecule has 1 unspecified atom stereocenters. The third-order valence-electron chi connectivity index (χ3n) is 5.62. The number of anilines is 2. The summed E-state index contributed by atoms with van der Waals surface area (Å²) >= 11 is 0. The predicted molar refractivity (Wildman–Crippen MR) is 132 cm³/mol. The lowest BCUT2D eigenvalue weighted by molar-refractivity contribution is 0.324. The highest BCUT2D eigenvalue weighted by atomic mass is 16.5. The number of benzene rings is 1. The lowest BCUT2D eigenvalue weighted by atomic mass is 10.2. The average Bonchev–Trinajstić information content (AvgIpc) is 3.49. The van der Waals surface area contributed by atoms with Gasteiger partial charge in [-0.25, -0.2) is 19.6 Å². The van der Waals surface area contributed by atoms with Crippen molar-refractivity contribution >= 4 is 28.2 Å². The number of aromatic nitrogens is 6. The van der Waals surface area contributed by atoms with E-state index in [1.54, 1.807) is 33.9 Å². The van der Waals surface area contributed by atoms with Crippen LogP contribution in [0.2, 0.25) is 0 Å². The second-order valence-corrected chi connectivity index (χ2v) is 7.93. The zero-order valence-electron chi connectivity index (χ0n) is 20.3. The van der Waals surface area contributed by atoms with E-state index in [1.807, 2.05) is 34.5 Å². The van der Waals surface area contributed by atoms with Gasteiger partial charge >= 0.3 is 0 Å². The maximum absolute atomic E-state index is 5.47. The smallest absolute Gasteiger partial charge is 0.203 e. The normalized spacial score (nSPS) is 11.9. The topological polar surface area (TPSA) is 101 Å². The van der Waals surface area contributed by atoms with Crippen molar-refractivity contribution < 1.29 is 14.2 Å². The molecule has 3 aromatic heterocycles. The molecule has 0 radical (unpaired) electrons. The van der Waals surface area contributed by atoms with Crippen molar-refractivity contribution in [2.75, 3.05) is 26.6 Å². The zero-order valence-corrected chi connectivity index (χ0v) is 20.3. The molecule has 1 aromatic carbocycles. The highest BCUT2D eigenvalue weighted by Crippen LogP contribution is 2.39. The summed E-state index contributed by atoms with van der Waals surface area (Å²) in [4.78, 5) is 13.9. The van der Waals surface area contributed by atoms with Crippen LogP contribution in [0.1, 0.15) is 39.1 Å². The van der Waals surface area contributed by atoms with Gasteiger partial charge in [0.15, 0.2) is 23.0 Å². The van der Waals surface area contributed by atoms with Gasteiger partial charge in [-0.15, -0.1) is 0 Å². The van der Waals surface area contributed by atoms with Gasteiger partial charge < -0.3 is 24.1 Å². The minimum atomic E-state index is 0.206. The van der Waals surface area contributed by atoms with Crippen LogP contribution in [0.5, 0.6) is 17.2 Å². The van der Waals surface area contributed by atoms with Crippen LogP contribution in [-0.2, 0) is 0 Å². The van der Waals surface area contributed by atoms with Crippen LogP contribution in [-0.4, -0.2) is 50.6 Å². The van der Waals surface area contributed by atoms with Gasteiger partial charge in [0.2, 0.25) is 5.75 Å². The Morgan fingerprint density at radius 2 is 1.82 bits per heavy atom. The van der Waals surface area contributed by atoms with Crippen molar-refractivity contribution in [3.63, 3.8) is 0 Å². The van der Waals surface area contributed by atoms with Gasteiger partial charge in [0.25, 0.3) is 0 Å². The quantitative estimate of drug-likeness (QED) is 0.378. The van der Waals surface area contributed by atoms with Crippen molar-refractivity contribution in [3.8, 4) is 22.9 Å². The van der Waals surface area contributed by atoms with Gasteiger partial charge in [-0.2, -0.15) is 5.10 Å². The summed E-state index contributed by atoms with van der Waals surface area (Å²) < 4.78 is 20.1. The Kier molecular flexibility index (Phi) is 6.40. The molecule has 4 aromatic rings. The first-order valence-corrected chi connectivity index (χ1v) is 10.9. The van der Waals surface area contributed by atoms with E-state index in [0.717, 1.165) is 28.7 Å². The first-order chi connectivity index (χ1) is 16.4.